The minimum Gasteiger partial charge on any atom is -0.264 e. The third-order valence-corrected chi connectivity index (χ3v) is 12.9. The number of fused-ring (bicyclic) bond motifs is 6. The highest BCUT2D eigenvalue weighted by molar-refractivity contribution is 6.10. The van der Waals surface area contributed by atoms with Crippen LogP contribution < -0.4 is 0 Å². The Morgan fingerprint density at radius 2 is 0.937 bits per heavy atom. The van der Waals surface area contributed by atoms with Gasteiger partial charge in [-0.05, 0) is 89.3 Å². The summed E-state index contributed by atoms with van der Waals surface area (Å²) in [4.78, 5) is 14.8. The maximum atomic E-state index is 5.30. The Kier molecular flexibility index (Phi) is 8.72. The van der Waals surface area contributed by atoms with Crippen LogP contribution in [0.5, 0.6) is 0 Å². The molecule has 1 aliphatic rings. The Labute approximate surface area is 366 Å². The molecule has 0 spiro atoms. The van der Waals surface area contributed by atoms with Gasteiger partial charge in [0, 0.05) is 29.1 Å². The molecule has 3 heteroatoms. The van der Waals surface area contributed by atoms with Gasteiger partial charge in [0.1, 0.15) is 0 Å². The predicted octanol–water partition coefficient (Wildman–Crippen LogP) is 14.9. The third kappa shape index (κ3) is 5.93. The van der Waals surface area contributed by atoms with Gasteiger partial charge in [-0.1, -0.05) is 212 Å². The summed E-state index contributed by atoms with van der Waals surface area (Å²) in [6.07, 6.45) is 3.70. The van der Waals surface area contributed by atoms with Crippen molar-refractivity contribution < 1.29 is 0 Å². The van der Waals surface area contributed by atoms with Gasteiger partial charge in [0.25, 0.3) is 0 Å². The Bertz CT molecular complexity index is 3430. The van der Waals surface area contributed by atoms with E-state index >= 15 is 0 Å². The van der Waals surface area contributed by atoms with E-state index < -0.39 is 5.41 Å². The van der Waals surface area contributed by atoms with Crippen molar-refractivity contribution in [2.75, 3.05) is 0 Å². The first-order chi connectivity index (χ1) is 31.3. The molecule has 0 saturated carbocycles. The minimum atomic E-state index is -0.540. The van der Waals surface area contributed by atoms with E-state index in [1.54, 1.807) is 6.20 Å². The van der Waals surface area contributed by atoms with Crippen molar-refractivity contribution in [3.8, 4) is 67.3 Å². The molecule has 0 amide bonds. The smallest absolute Gasteiger partial charge is 0.160 e. The summed E-state index contributed by atoms with van der Waals surface area (Å²) in [5, 5.41) is 4.81. The lowest BCUT2D eigenvalue weighted by Gasteiger charge is -2.34. The first-order valence-corrected chi connectivity index (χ1v) is 21.5. The van der Waals surface area contributed by atoms with E-state index in [9.17, 15) is 0 Å². The number of rotatable bonds is 7. The summed E-state index contributed by atoms with van der Waals surface area (Å²) >= 11 is 0. The van der Waals surface area contributed by atoms with E-state index in [0.717, 1.165) is 44.6 Å². The summed E-state index contributed by atoms with van der Waals surface area (Å²) in [5.74, 6) is 0.690. The molecular formula is C60H39N3. The molecule has 63 heavy (non-hydrogen) atoms. The summed E-state index contributed by atoms with van der Waals surface area (Å²) in [6.45, 7) is 0. The quantitative estimate of drug-likeness (QED) is 0.161. The van der Waals surface area contributed by atoms with Gasteiger partial charge in [-0.25, -0.2) is 9.97 Å². The van der Waals surface area contributed by atoms with Gasteiger partial charge in [0.05, 0.1) is 16.8 Å². The monoisotopic (exact) mass is 801 g/mol. The number of nitrogens with zero attached hydrogens (tertiary/aromatic N) is 3. The lowest BCUT2D eigenvalue weighted by Crippen LogP contribution is -2.28. The van der Waals surface area contributed by atoms with Crippen LogP contribution in [0.1, 0.15) is 22.3 Å². The standard InChI is InChI=1S/C60H39N3/c1-4-17-43(18-5-1)59-62-55(42-31-29-40(30-32-42)44-19-15-37-61-39-44)38-56(63-59)51-36-35-50(48-25-12-13-26-49(48)51)52-27-14-28-54-57(52)53-34-33-41-16-10-11-24-47(41)58(53)60(54,45-20-6-2-7-21-45)46-22-8-3-9-23-46/h1-39H. The van der Waals surface area contributed by atoms with Crippen molar-refractivity contribution in [3.63, 3.8) is 0 Å². The van der Waals surface area contributed by atoms with Gasteiger partial charge in [0.15, 0.2) is 5.82 Å². The molecule has 0 N–H and O–H groups in total. The van der Waals surface area contributed by atoms with Crippen LogP contribution in [-0.4, -0.2) is 15.0 Å². The molecule has 11 aromatic rings. The first kappa shape index (κ1) is 36.6. The van der Waals surface area contributed by atoms with Gasteiger partial charge >= 0.3 is 0 Å². The van der Waals surface area contributed by atoms with Crippen LogP contribution >= 0.6 is 0 Å². The van der Waals surface area contributed by atoms with Gasteiger partial charge < -0.3 is 0 Å². The summed E-state index contributed by atoms with van der Waals surface area (Å²) in [6, 6.07) is 81.1. The molecule has 12 rings (SSSR count). The van der Waals surface area contributed by atoms with Gasteiger partial charge in [-0.2, -0.15) is 0 Å². The van der Waals surface area contributed by atoms with Gasteiger partial charge in [-0.15, -0.1) is 0 Å². The van der Waals surface area contributed by atoms with E-state index in [-0.39, 0.29) is 0 Å². The molecule has 3 nitrogen and oxygen atoms in total. The molecule has 0 aliphatic heterocycles. The second kappa shape index (κ2) is 15.0. The summed E-state index contributed by atoms with van der Waals surface area (Å²) in [5.41, 5.74) is 16.5. The van der Waals surface area contributed by atoms with Crippen LogP contribution in [0.4, 0.5) is 0 Å². The van der Waals surface area contributed by atoms with Gasteiger partial charge in [-0.3, -0.25) is 4.98 Å². The molecule has 2 aromatic heterocycles. The molecule has 0 unspecified atom stereocenters. The Hall–Kier alpha value is -8.27. The van der Waals surface area contributed by atoms with Crippen LogP contribution in [0.2, 0.25) is 0 Å². The maximum absolute atomic E-state index is 5.30. The fourth-order valence-electron chi connectivity index (χ4n) is 10.1. The molecule has 2 heterocycles. The predicted molar refractivity (Wildman–Crippen MR) is 259 cm³/mol. The van der Waals surface area contributed by atoms with Crippen molar-refractivity contribution in [3.05, 3.63) is 259 Å². The number of hydrogen-bond acceptors (Lipinski definition) is 3. The zero-order chi connectivity index (χ0) is 41.7. The number of benzene rings is 9. The second-order valence-corrected chi connectivity index (χ2v) is 16.3. The molecule has 0 bridgehead atoms. The minimum absolute atomic E-state index is 0.540. The van der Waals surface area contributed by atoms with Crippen molar-refractivity contribution in [2.45, 2.75) is 5.41 Å². The maximum Gasteiger partial charge on any atom is 0.160 e. The van der Waals surface area contributed by atoms with Crippen LogP contribution in [0.3, 0.4) is 0 Å². The van der Waals surface area contributed by atoms with E-state index in [2.05, 4.69) is 205 Å². The Balaban J connectivity index is 1.08. The molecule has 9 aromatic carbocycles. The van der Waals surface area contributed by atoms with E-state index in [0.29, 0.717) is 5.82 Å². The number of aromatic nitrogens is 3. The van der Waals surface area contributed by atoms with E-state index in [1.807, 2.05) is 30.5 Å². The average Bonchev–Trinajstić information content (AvgIpc) is 3.69. The second-order valence-electron chi connectivity index (χ2n) is 16.3. The zero-order valence-electron chi connectivity index (χ0n) is 34.4. The highest BCUT2D eigenvalue weighted by atomic mass is 14.9. The Morgan fingerprint density at radius 1 is 0.349 bits per heavy atom. The zero-order valence-corrected chi connectivity index (χ0v) is 34.4. The molecule has 1 aliphatic carbocycles. The van der Waals surface area contributed by atoms with E-state index in [4.69, 9.17) is 9.97 Å². The highest BCUT2D eigenvalue weighted by Crippen LogP contribution is 2.60. The van der Waals surface area contributed by atoms with Crippen molar-refractivity contribution in [1.29, 1.82) is 0 Å². The largest absolute Gasteiger partial charge is 0.264 e. The number of hydrogen-bond donors (Lipinski definition) is 0. The normalized spacial score (nSPS) is 12.6. The van der Waals surface area contributed by atoms with Crippen LogP contribution in [0.25, 0.3) is 88.8 Å². The van der Waals surface area contributed by atoms with E-state index in [1.165, 1.54) is 60.7 Å². The fraction of sp³-hybridized carbons (Fsp3) is 0.0167. The van der Waals surface area contributed by atoms with Crippen LogP contribution in [-0.2, 0) is 5.41 Å². The number of pyridine rings is 1. The average molecular weight is 802 g/mol. The van der Waals surface area contributed by atoms with Crippen molar-refractivity contribution in [2.24, 2.45) is 0 Å². The van der Waals surface area contributed by atoms with Crippen LogP contribution in [0, 0.1) is 0 Å². The lowest BCUT2D eigenvalue weighted by molar-refractivity contribution is 0.775. The lowest BCUT2D eigenvalue weighted by atomic mass is 9.66. The summed E-state index contributed by atoms with van der Waals surface area (Å²) in [7, 11) is 0. The van der Waals surface area contributed by atoms with Crippen molar-refractivity contribution in [1.82, 2.24) is 15.0 Å². The summed E-state index contributed by atoms with van der Waals surface area (Å²) < 4.78 is 0. The fourth-order valence-corrected chi connectivity index (χ4v) is 10.1. The Morgan fingerprint density at radius 3 is 1.65 bits per heavy atom. The molecule has 0 saturated heterocycles. The molecule has 0 radical (unpaired) electrons. The molecule has 0 fully saturated rings. The van der Waals surface area contributed by atoms with Crippen molar-refractivity contribution >= 4 is 21.5 Å². The third-order valence-electron chi connectivity index (χ3n) is 12.9. The molecule has 294 valence electrons. The first-order valence-electron chi connectivity index (χ1n) is 21.5. The highest BCUT2D eigenvalue weighted by Gasteiger charge is 2.48. The molecule has 0 atom stereocenters. The molecular weight excluding hydrogens is 763 g/mol. The van der Waals surface area contributed by atoms with Gasteiger partial charge in [0.2, 0.25) is 0 Å². The van der Waals surface area contributed by atoms with Crippen LogP contribution in [0.15, 0.2) is 237 Å². The SMILES string of the molecule is c1ccc(-c2nc(-c3ccc(-c4cccnc4)cc3)cc(-c3ccc(-c4cccc5c4-c4ccc6ccccc6c4C5(c4ccccc4)c4ccccc4)c4ccccc34)n2)cc1. The topological polar surface area (TPSA) is 38.7 Å².